The average molecular weight is 317 g/mol. The third-order valence-corrected chi connectivity index (χ3v) is 3.47. The quantitative estimate of drug-likeness (QED) is 0.745. The Kier molecular flexibility index (Phi) is 11.0. The van der Waals surface area contributed by atoms with E-state index in [1.807, 2.05) is 0 Å². The van der Waals surface area contributed by atoms with Crippen LogP contribution in [0.25, 0.3) is 0 Å². The SMILES string of the molecule is CCCCN1C=CN(C)C1.CCCCN1C=CN(C)C1.Cl. The Hall–Kier alpha value is -1.03. The highest BCUT2D eigenvalue weighted by atomic mass is 35.5. The zero-order chi connectivity index (χ0) is 14.8. The topological polar surface area (TPSA) is 13.0 Å². The van der Waals surface area contributed by atoms with Crippen molar-refractivity contribution in [1.82, 2.24) is 19.6 Å². The van der Waals surface area contributed by atoms with Crippen molar-refractivity contribution in [1.29, 1.82) is 0 Å². The fourth-order valence-electron chi connectivity index (χ4n) is 2.19. The summed E-state index contributed by atoms with van der Waals surface area (Å²) in [5.41, 5.74) is 0. The summed E-state index contributed by atoms with van der Waals surface area (Å²) in [5, 5.41) is 0. The molecule has 0 N–H and O–H groups in total. The molecule has 0 aromatic rings. The second-order valence-electron chi connectivity index (χ2n) is 5.72. The highest BCUT2D eigenvalue weighted by Crippen LogP contribution is 2.05. The molecule has 0 bridgehead atoms. The zero-order valence-corrected chi connectivity index (χ0v) is 15.0. The van der Waals surface area contributed by atoms with Crippen LogP contribution in [-0.2, 0) is 0 Å². The maximum Gasteiger partial charge on any atom is 0.0890 e. The summed E-state index contributed by atoms with van der Waals surface area (Å²) in [6.07, 6.45) is 13.7. The Balaban J connectivity index is 0.000000364. The molecule has 0 aromatic heterocycles. The number of hydrogen-bond acceptors (Lipinski definition) is 4. The van der Waals surface area contributed by atoms with Crippen LogP contribution < -0.4 is 0 Å². The highest BCUT2D eigenvalue weighted by Gasteiger charge is 2.06. The molecule has 124 valence electrons. The van der Waals surface area contributed by atoms with Crippen LogP contribution in [0.4, 0.5) is 0 Å². The molecule has 21 heavy (non-hydrogen) atoms. The molecular formula is C16H33ClN4. The molecule has 0 fully saturated rings. The van der Waals surface area contributed by atoms with Gasteiger partial charge in [-0.2, -0.15) is 0 Å². The molecule has 0 radical (unpaired) electrons. The average Bonchev–Trinajstić information content (AvgIpc) is 3.03. The first-order valence-electron chi connectivity index (χ1n) is 7.91. The molecule has 5 heteroatoms. The first-order valence-corrected chi connectivity index (χ1v) is 7.91. The maximum atomic E-state index is 2.34. The van der Waals surface area contributed by atoms with Gasteiger partial charge in [0.15, 0.2) is 0 Å². The van der Waals surface area contributed by atoms with Crippen molar-refractivity contribution in [3.63, 3.8) is 0 Å². The lowest BCUT2D eigenvalue weighted by molar-refractivity contribution is 0.293. The summed E-state index contributed by atoms with van der Waals surface area (Å²) in [6, 6.07) is 0. The van der Waals surface area contributed by atoms with Gasteiger partial charge in [0.25, 0.3) is 0 Å². The van der Waals surface area contributed by atoms with E-state index in [1.165, 1.54) is 38.8 Å². The minimum absolute atomic E-state index is 0. The lowest BCUT2D eigenvalue weighted by Gasteiger charge is -2.17. The van der Waals surface area contributed by atoms with E-state index in [9.17, 15) is 0 Å². The summed E-state index contributed by atoms with van der Waals surface area (Å²) in [5.74, 6) is 0. The zero-order valence-electron chi connectivity index (χ0n) is 14.2. The van der Waals surface area contributed by atoms with Gasteiger partial charge in [0.2, 0.25) is 0 Å². The van der Waals surface area contributed by atoms with E-state index in [0.29, 0.717) is 0 Å². The molecule has 0 aliphatic carbocycles. The highest BCUT2D eigenvalue weighted by molar-refractivity contribution is 5.85. The van der Waals surface area contributed by atoms with E-state index in [2.05, 4.69) is 72.3 Å². The van der Waals surface area contributed by atoms with E-state index in [0.717, 1.165) is 13.3 Å². The van der Waals surface area contributed by atoms with Crippen LogP contribution in [0.15, 0.2) is 24.8 Å². The summed E-state index contributed by atoms with van der Waals surface area (Å²) >= 11 is 0. The van der Waals surface area contributed by atoms with Gasteiger partial charge in [0, 0.05) is 52.0 Å². The number of nitrogens with zero attached hydrogens (tertiary/aromatic N) is 4. The Morgan fingerprint density at radius 1 is 0.714 bits per heavy atom. The molecule has 0 atom stereocenters. The van der Waals surface area contributed by atoms with Crippen LogP contribution >= 0.6 is 12.4 Å². The molecule has 2 rings (SSSR count). The van der Waals surface area contributed by atoms with E-state index >= 15 is 0 Å². The van der Waals surface area contributed by atoms with Crippen LogP contribution in [0.3, 0.4) is 0 Å². The lowest BCUT2D eigenvalue weighted by Crippen LogP contribution is -2.23. The van der Waals surface area contributed by atoms with Crippen LogP contribution in [0.1, 0.15) is 39.5 Å². The largest absolute Gasteiger partial charge is 0.362 e. The van der Waals surface area contributed by atoms with Gasteiger partial charge in [-0.1, -0.05) is 26.7 Å². The molecule has 0 saturated carbocycles. The van der Waals surface area contributed by atoms with Crippen molar-refractivity contribution in [3.8, 4) is 0 Å². The monoisotopic (exact) mass is 316 g/mol. The van der Waals surface area contributed by atoms with Crippen molar-refractivity contribution in [2.75, 3.05) is 40.5 Å². The van der Waals surface area contributed by atoms with Gasteiger partial charge in [-0.25, -0.2) is 0 Å². The van der Waals surface area contributed by atoms with Crippen molar-refractivity contribution >= 4 is 12.4 Å². The van der Waals surface area contributed by atoms with E-state index in [1.54, 1.807) is 0 Å². The number of rotatable bonds is 6. The molecular weight excluding hydrogens is 284 g/mol. The Labute approximate surface area is 137 Å². The van der Waals surface area contributed by atoms with Crippen LogP contribution in [0.2, 0.25) is 0 Å². The molecule has 2 aliphatic rings. The smallest absolute Gasteiger partial charge is 0.0890 e. The van der Waals surface area contributed by atoms with Crippen LogP contribution in [0.5, 0.6) is 0 Å². The second kappa shape index (κ2) is 11.6. The van der Waals surface area contributed by atoms with Crippen LogP contribution in [-0.4, -0.2) is 60.1 Å². The molecule has 0 amide bonds. The maximum absolute atomic E-state index is 2.34. The summed E-state index contributed by atoms with van der Waals surface area (Å²) in [7, 11) is 4.20. The normalized spacial score (nSPS) is 16.2. The summed E-state index contributed by atoms with van der Waals surface area (Å²) in [6.45, 7) is 9.00. The number of hydrogen-bond donors (Lipinski definition) is 0. The Morgan fingerprint density at radius 3 is 1.33 bits per heavy atom. The van der Waals surface area contributed by atoms with Crippen molar-refractivity contribution in [2.24, 2.45) is 0 Å². The fourth-order valence-corrected chi connectivity index (χ4v) is 2.19. The standard InChI is InChI=1S/2C8H16N2.ClH/c2*1-3-4-5-10-7-6-9(2)8-10;/h2*6-7H,3-5,8H2,1-2H3;1H. The molecule has 0 saturated heterocycles. The molecule has 4 nitrogen and oxygen atoms in total. The van der Waals surface area contributed by atoms with E-state index < -0.39 is 0 Å². The van der Waals surface area contributed by atoms with Gasteiger partial charge < -0.3 is 19.6 Å². The van der Waals surface area contributed by atoms with Gasteiger partial charge in [-0.3, -0.25) is 0 Å². The fraction of sp³-hybridized carbons (Fsp3) is 0.750. The summed E-state index contributed by atoms with van der Waals surface area (Å²) in [4.78, 5) is 9.05. The van der Waals surface area contributed by atoms with Gasteiger partial charge in [-0.15, -0.1) is 12.4 Å². The Bertz CT molecular complexity index is 277. The summed E-state index contributed by atoms with van der Waals surface area (Å²) < 4.78 is 0. The third-order valence-electron chi connectivity index (χ3n) is 3.47. The predicted molar refractivity (Wildman–Crippen MR) is 94.0 cm³/mol. The Morgan fingerprint density at radius 2 is 1.10 bits per heavy atom. The molecule has 0 aromatic carbocycles. The molecule has 2 heterocycles. The van der Waals surface area contributed by atoms with Crippen molar-refractivity contribution < 1.29 is 0 Å². The van der Waals surface area contributed by atoms with Crippen LogP contribution in [0, 0.1) is 0 Å². The number of halogens is 1. The lowest BCUT2D eigenvalue weighted by atomic mass is 10.3. The van der Waals surface area contributed by atoms with Crippen molar-refractivity contribution in [2.45, 2.75) is 39.5 Å². The first-order chi connectivity index (χ1) is 9.65. The predicted octanol–water partition coefficient (Wildman–Crippen LogP) is 3.35. The van der Waals surface area contributed by atoms with Gasteiger partial charge in [0.05, 0.1) is 13.3 Å². The van der Waals surface area contributed by atoms with E-state index in [4.69, 9.17) is 0 Å². The van der Waals surface area contributed by atoms with Gasteiger partial charge in [-0.05, 0) is 12.8 Å². The third kappa shape index (κ3) is 8.76. The number of unbranched alkanes of at least 4 members (excludes halogenated alkanes) is 2. The minimum atomic E-state index is 0. The van der Waals surface area contributed by atoms with Gasteiger partial charge in [0.1, 0.15) is 0 Å². The molecule has 2 aliphatic heterocycles. The van der Waals surface area contributed by atoms with Crippen molar-refractivity contribution in [3.05, 3.63) is 24.8 Å². The molecule has 0 unspecified atom stereocenters. The minimum Gasteiger partial charge on any atom is -0.362 e. The molecule has 0 spiro atoms. The van der Waals surface area contributed by atoms with E-state index in [-0.39, 0.29) is 12.4 Å². The second-order valence-corrected chi connectivity index (χ2v) is 5.72. The van der Waals surface area contributed by atoms with Gasteiger partial charge >= 0.3 is 0 Å². The first kappa shape index (κ1) is 20.0.